The van der Waals surface area contributed by atoms with Gasteiger partial charge in [-0.1, -0.05) is 0 Å². The highest BCUT2D eigenvalue weighted by atomic mass is 16.4. The number of nitriles is 1. The van der Waals surface area contributed by atoms with Crippen LogP contribution < -0.4 is 5.73 Å². The number of rotatable bonds is 2. The molecule has 0 aromatic carbocycles. The van der Waals surface area contributed by atoms with E-state index >= 15 is 0 Å². The summed E-state index contributed by atoms with van der Waals surface area (Å²) in [6, 6.07) is 0.886. The molecule has 44 valence electrons. The van der Waals surface area contributed by atoms with E-state index in [9.17, 15) is 0 Å². The van der Waals surface area contributed by atoms with Crippen molar-refractivity contribution in [1.82, 2.24) is 0 Å². The molecule has 0 saturated carbocycles. The van der Waals surface area contributed by atoms with Crippen LogP contribution in [0.1, 0.15) is 0 Å². The predicted octanol–water partition coefficient (Wildman–Crippen LogP) is -1.69. The zero-order valence-corrected chi connectivity index (χ0v) is 4.28. The monoisotopic (exact) mass is 114 g/mol. The fraction of sp³-hybridized carbons (Fsp3) is 0.667. The highest BCUT2D eigenvalue weighted by Gasteiger charge is 2.11. The van der Waals surface area contributed by atoms with Crippen molar-refractivity contribution in [3.8, 4) is 6.07 Å². The number of nitrogens with two attached hydrogens (primary N) is 1. The highest BCUT2D eigenvalue weighted by molar-refractivity contribution is 6.41. The van der Waals surface area contributed by atoms with Crippen LogP contribution in [0.15, 0.2) is 0 Å². The first-order chi connectivity index (χ1) is 3.66. The molecule has 0 bridgehead atoms. The van der Waals surface area contributed by atoms with Gasteiger partial charge >= 0.3 is 7.12 Å². The Morgan fingerprint density at radius 1 is 1.75 bits per heavy atom. The van der Waals surface area contributed by atoms with Crippen molar-refractivity contribution in [3.05, 3.63) is 0 Å². The first kappa shape index (κ1) is 7.43. The summed E-state index contributed by atoms with van der Waals surface area (Å²) in [7, 11) is -1.47. The van der Waals surface area contributed by atoms with E-state index in [4.69, 9.17) is 21.0 Å². The van der Waals surface area contributed by atoms with Crippen molar-refractivity contribution in [2.75, 3.05) is 0 Å². The molecule has 0 aliphatic carbocycles. The molecule has 0 aromatic heterocycles. The molecule has 5 heteroatoms. The molecule has 0 fully saturated rings. The molecule has 0 heterocycles. The second kappa shape index (κ2) is 3.44. The number of hydrogen-bond donors (Lipinski definition) is 3. The second-order valence-electron chi connectivity index (χ2n) is 1.45. The lowest BCUT2D eigenvalue weighted by atomic mass is 9.83. The van der Waals surface area contributed by atoms with Gasteiger partial charge in [0, 0.05) is 6.32 Å². The number of hydrogen-bond acceptors (Lipinski definition) is 4. The minimum Gasteiger partial charge on any atom is -0.427 e. The molecule has 0 aromatic rings. The van der Waals surface area contributed by atoms with Gasteiger partial charge in [0.15, 0.2) is 0 Å². The van der Waals surface area contributed by atoms with Crippen LogP contribution in [0.4, 0.5) is 0 Å². The summed E-state index contributed by atoms with van der Waals surface area (Å²) >= 11 is 0. The van der Waals surface area contributed by atoms with Gasteiger partial charge in [-0.2, -0.15) is 5.26 Å². The van der Waals surface area contributed by atoms with E-state index in [-0.39, 0.29) is 6.32 Å². The molecule has 4 N–H and O–H groups in total. The topological polar surface area (TPSA) is 90.3 Å². The van der Waals surface area contributed by atoms with E-state index in [1.807, 2.05) is 0 Å². The maximum Gasteiger partial charge on any atom is 0.454 e. The maximum atomic E-state index is 8.18. The Bertz CT molecular complexity index is 99.9. The lowest BCUT2D eigenvalue weighted by molar-refractivity contribution is 0.403. The third-order valence-electron chi connectivity index (χ3n) is 0.631. The average molecular weight is 114 g/mol. The second-order valence-corrected chi connectivity index (χ2v) is 1.45. The Kier molecular flexibility index (Phi) is 3.20. The molecule has 0 unspecified atom stereocenters. The zero-order chi connectivity index (χ0) is 6.57. The largest absolute Gasteiger partial charge is 0.454 e. The zero-order valence-electron chi connectivity index (χ0n) is 4.28. The summed E-state index contributed by atoms with van der Waals surface area (Å²) in [6.45, 7) is 0. The molecule has 1 atom stereocenters. The Morgan fingerprint density at radius 3 is 2.38 bits per heavy atom. The Labute approximate surface area is 47.7 Å². The molecule has 0 spiro atoms. The fourth-order valence-corrected chi connectivity index (χ4v) is 0.280. The number of nitrogens with zero attached hydrogens (tertiary/aromatic N) is 1. The lowest BCUT2D eigenvalue weighted by Crippen LogP contribution is -2.25. The van der Waals surface area contributed by atoms with Gasteiger partial charge in [0.1, 0.15) is 0 Å². The van der Waals surface area contributed by atoms with Crippen LogP contribution >= 0.6 is 0 Å². The van der Waals surface area contributed by atoms with Crippen LogP contribution in [0.5, 0.6) is 0 Å². The molecular weight excluding hydrogens is 107 g/mol. The van der Waals surface area contributed by atoms with Gasteiger partial charge in [-0.25, -0.2) is 0 Å². The van der Waals surface area contributed by atoms with Gasteiger partial charge in [-0.05, 0) is 0 Å². The summed E-state index contributed by atoms with van der Waals surface area (Å²) in [5.41, 5.74) is 4.99. The third-order valence-corrected chi connectivity index (χ3v) is 0.631. The van der Waals surface area contributed by atoms with Crippen molar-refractivity contribution in [3.63, 3.8) is 0 Å². The van der Waals surface area contributed by atoms with E-state index in [0.29, 0.717) is 0 Å². The highest BCUT2D eigenvalue weighted by Crippen LogP contribution is 1.87. The van der Waals surface area contributed by atoms with Gasteiger partial charge in [0.05, 0.1) is 12.1 Å². The Morgan fingerprint density at radius 2 is 2.25 bits per heavy atom. The molecule has 0 rings (SSSR count). The van der Waals surface area contributed by atoms with Gasteiger partial charge in [-0.3, -0.25) is 0 Å². The third kappa shape index (κ3) is 3.62. The van der Waals surface area contributed by atoms with Crippen LogP contribution in [0, 0.1) is 11.3 Å². The van der Waals surface area contributed by atoms with Crippen molar-refractivity contribution >= 4 is 7.12 Å². The molecule has 8 heavy (non-hydrogen) atoms. The summed E-state index contributed by atoms with van der Waals surface area (Å²) in [4.78, 5) is 0. The Hall–Kier alpha value is -0.565. The maximum absolute atomic E-state index is 8.18. The quantitative estimate of drug-likeness (QED) is 0.373. The molecule has 4 nitrogen and oxygen atoms in total. The van der Waals surface area contributed by atoms with Crippen LogP contribution in [0.25, 0.3) is 0 Å². The van der Waals surface area contributed by atoms with E-state index in [0.717, 1.165) is 0 Å². The molecule has 0 aliphatic rings. The molecule has 0 radical (unpaired) electrons. The van der Waals surface area contributed by atoms with E-state index < -0.39 is 13.2 Å². The van der Waals surface area contributed by atoms with Crippen LogP contribution in [0.2, 0.25) is 6.32 Å². The van der Waals surface area contributed by atoms with E-state index in [1.165, 1.54) is 0 Å². The minimum absolute atomic E-state index is 0.0868. The van der Waals surface area contributed by atoms with Crippen molar-refractivity contribution in [2.45, 2.75) is 12.4 Å². The Balaban J connectivity index is 3.28. The first-order valence-electron chi connectivity index (χ1n) is 2.18. The molecule has 0 saturated heterocycles. The van der Waals surface area contributed by atoms with Crippen LogP contribution in [-0.2, 0) is 0 Å². The molecular formula is C3H7BN2O2. The SMILES string of the molecule is N#C[C@@H](N)CB(O)O. The fourth-order valence-electron chi connectivity index (χ4n) is 0.280. The van der Waals surface area contributed by atoms with E-state index in [1.54, 1.807) is 6.07 Å². The predicted molar refractivity (Wildman–Crippen MR) is 28.6 cm³/mol. The van der Waals surface area contributed by atoms with Crippen molar-refractivity contribution < 1.29 is 10.0 Å². The minimum atomic E-state index is -1.47. The summed E-state index contributed by atoms with van der Waals surface area (Å²) in [5.74, 6) is 0. The summed E-state index contributed by atoms with van der Waals surface area (Å²) in [6.07, 6.45) is -0.0868. The van der Waals surface area contributed by atoms with Gasteiger partial charge in [0.25, 0.3) is 0 Å². The van der Waals surface area contributed by atoms with Gasteiger partial charge in [0.2, 0.25) is 0 Å². The molecule has 0 aliphatic heterocycles. The molecule has 0 amide bonds. The summed E-state index contributed by atoms with van der Waals surface area (Å²) in [5, 5.41) is 24.3. The van der Waals surface area contributed by atoms with Crippen LogP contribution in [-0.4, -0.2) is 23.2 Å². The van der Waals surface area contributed by atoms with Crippen molar-refractivity contribution in [2.24, 2.45) is 5.73 Å². The van der Waals surface area contributed by atoms with Gasteiger partial charge in [-0.15, -0.1) is 0 Å². The lowest BCUT2D eigenvalue weighted by Gasteiger charge is -1.97. The van der Waals surface area contributed by atoms with Crippen LogP contribution in [0.3, 0.4) is 0 Å². The van der Waals surface area contributed by atoms with Crippen molar-refractivity contribution in [1.29, 1.82) is 5.26 Å². The standard InChI is InChI=1S/C3H7BN2O2/c5-2-3(6)1-4(7)8/h3,7-8H,1,6H2/t3-/m0/s1. The van der Waals surface area contributed by atoms with Gasteiger partial charge < -0.3 is 15.8 Å². The van der Waals surface area contributed by atoms with E-state index in [2.05, 4.69) is 0 Å². The smallest absolute Gasteiger partial charge is 0.427 e. The first-order valence-corrected chi connectivity index (χ1v) is 2.18. The summed E-state index contributed by atoms with van der Waals surface area (Å²) < 4.78 is 0. The normalized spacial score (nSPS) is 12.2. The average Bonchev–Trinajstić information content (AvgIpc) is 1.65.